The summed E-state index contributed by atoms with van der Waals surface area (Å²) in [5.74, 6) is 0. The third kappa shape index (κ3) is 2.87. The molecule has 0 saturated heterocycles. The van der Waals surface area contributed by atoms with Gasteiger partial charge in [0.25, 0.3) is 5.56 Å². The summed E-state index contributed by atoms with van der Waals surface area (Å²) in [6.45, 7) is 0.649. The van der Waals surface area contributed by atoms with Gasteiger partial charge in [0.15, 0.2) is 0 Å². The molecule has 2 aromatic heterocycles. The molecule has 3 aromatic rings. The fourth-order valence-corrected chi connectivity index (χ4v) is 2.71. The molecule has 3 rings (SSSR count). The maximum absolute atomic E-state index is 11.6. The summed E-state index contributed by atoms with van der Waals surface area (Å²) in [7, 11) is 4.02. The van der Waals surface area contributed by atoms with Gasteiger partial charge in [0, 0.05) is 38.6 Å². The summed E-state index contributed by atoms with van der Waals surface area (Å²) in [6, 6.07) is 9.65. The highest BCUT2D eigenvalue weighted by atomic mass is 32.1. The van der Waals surface area contributed by atoms with E-state index in [9.17, 15) is 4.79 Å². The van der Waals surface area contributed by atoms with Crippen molar-refractivity contribution in [1.82, 2.24) is 14.6 Å². The standard InChI is InChI=1S/C14H15N5OS/c1-18(2)11-5-3-4-10(8-11)9-16-13-17-19-12(20)6-7-15-14(19)21-13/h3-8H,9H2,1-2H3,(H,16,17). The number of nitrogens with one attached hydrogen (secondary N) is 1. The zero-order chi connectivity index (χ0) is 14.8. The van der Waals surface area contributed by atoms with Gasteiger partial charge in [0.05, 0.1) is 0 Å². The smallest absolute Gasteiger partial charge is 0.275 e. The van der Waals surface area contributed by atoms with Crippen LogP contribution < -0.4 is 15.8 Å². The molecule has 2 heterocycles. The van der Waals surface area contributed by atoms with Crippen molar-refractivity contribution in [2.24, 2.45) is 0 Å². The van der Waals surface area contributed by atoms with Gasteiger partial charge in [-0.1, -0.05) is 23.5 Å². The summed E-state index contributed by atoms with van der Waals surface area (Å²) in [6.07, 6.45) is 1.50. The highest BCUT2D eigenvalue weighted by molar-refractivity contribution is 7.20. The number of rotatable bonds is 4. The van der Waals surface area contributed by atoms with Crippen LogP contribution >= 0.6 is 11.3 Å². The molecule has 7 heteroatoms. The molecule has 1 N–H and O–H groups in total. The second kappa shape index (κ2) is 5.53. The van der Waals surface area contributed by atoms with Gasteiger partial charge in [0.1, 0.15) is 0 Å². The average molecular weight is 301 g/mol. The van der Waals surface area contributed by atoms with Crippen LogP contribution in [0.4, 0.5) is 10.8 Å². The van der Waals surface area contributed by atoms with Crippen LogP contribution in [-0.4, -0.2) is 28.7 Å². The number of nitrogens with zero attached hydrogens (tertiary/aromatic N) is 4. The first-order chi connectivity index (χ1) is 10.1. The molecule has 0 aliphatic heterocycles. The molecule has 0 spiro atoms. The Morgan fingerprint density at radius 1 is 1.33 bits per heavy atom. The Kier molecular flexibility index (Phi) is 3.57. The highest BCUT2D eigenvalue weighted by Crippen LogP contribution is 2.18. The molecule has 0 fully saturated rings. The van der Waals surface area contributed by atoms with Crippen molar-refractivity contribution >= 4 is 27.1 Å². The van der Waals surface area contributed by atoms with Gasteiger partial charge < -0.3 is 10.2 Å². The van der Waals surface area contributed by atoms with Crippen molar-refractivity contribution in [1.29, 1.82) is 0 Å². The molecule has 0 radical (unpaired) electrons. The van der Waals surface area contributed by atoms with E-state index >= 15 is 0 Å². The number of anilines is 2. The zero-order valence-electron chi connectivity index (χ0n) is 11.8. The predicted octanol–water partition coefficient (Wildman–Crippen LogP) is 1.83. The number of benzene rings is 1. The minimum absolute atomic E-state index is 0.168. The Morgan fingerprint density at radius 3 is 2.95 bits per heavy atom. The summed E-state index contributed by atoms with van der Waals surface area (Å²) in [4.78, 5) is 18.4. The van der Waals surface area contributed by atoms with Gasteiger partial charge in [-0.3, -0.25) is 4.79 Å². The molecule has 21 heavy (non-hydrogen) atoms. The van der Waals surface area contributed by atoms with E-state index < -0.39 is 0 Å². The van der Waals surface area contributed by atoms with Gasteiger partial charge in [0.2, 0.25) is 10.1 Å². The van der Waals surface area contributed by atoms with Crippen LogP contribution in [0.25, 0.3) is 4.96 Å². The maximum Gasteiger partial charge on any atom is 0.275 e. The maximum atomic E-state index is 11.6. The van der Waals surface area contributed by atoms with Gasteiger partial charge in [-0.05, 0) is 17.7 Å². The molecule has 0 atom stereocenters. The molecule has 0 saturated carbocycles. The van der Waals surface area contributed by atoms with Crippen LogP contribution in [0.1, 0.15) is 5.56 Å². The Labute approximate surface area is 125 Å². The first-order valence-corrected chi connectivity index (χ1v) is 7.30. The van der Waals surface area contributed by atoms with Crippen molar-refractivity contribution in [2.45, 2.75) is 6.54 Å². The minimum Gasteiger partial charge on any atom is -0.378 e. The van der Waals surface area contributed by atoms with E-state index in [1.165, 1.54) is 28.1 Å². The van der Waals surface area contributed by atoms with Crippen LogP contribution in [0.2, 0.25) is 0 Å². The van der Waals surface area contributed by atoms with E-state index in [-0.39, 0.29) is 5.56 Å². The van der Waals surface area contributed by atoms with Crippen LogP contribution in [-0.2, 0) is 6.54 Å². The third-order valence-electron chi connectivity index (χ3n) is 3.04. The molecule has 0 amide bonds. The van der Waals surface area contributed by atoms with Crippen LogP contribution in [0.3, 0.4) is 0 Å². The van der Waals surface area contributed by atoms with Crippen molar-refractivity contribution < 1.29 is 0 Å². The van der Waals surface area contributed by atoms with Gasteiger partial charge in [-0.25, -0.2) is 4.98 Å². The van der Waals surface area contributed by atoms with E-state index in [1.807, 2.05) is 20.2 Å². The average Bonchev–Trinajstić information content (AvgIpc) is 2.90. The van der Waals surface area contributed by atoms with Gasteiger partial charge >= 0.3 is 0 Å². The molecular formula is C14H15N5OS. The fraction of sp³-hybridized carbons (Fsp3) is 0.214. The van der Waals surface area contributed by atoms with Gasteiger partial charge in [-0.15, -0.1) is 5.10 Å². The summed E-state index contributed by atoms with van der Waals surface area (Å²) in [5.41, 5.74) is 2.14. The van der Waals surface area contributed by atoms with E-state index in [4.69, 9.17) is 0 Å². The second-order valence-electron chi connectivity index (χ2n) is 4.80. The Hall–Kier alpha value is -2.41. The largest absolute Gasteiger partial charge is 0.378 e. The molecule has 0 unspecified atom stereocenters. The number of hydrogen-bond donors (Lipinski definition) is 1. The van der Waals surface area contributed by atoms with Crippen LogP contribution in [0.5, 0.6) is 0 Å². The second-order valence-corrected chi connectivity index (χ2v) is 5.76. The summed E-state index contributed by atoms with van der Waals surface area (Å²) < 4.78 is 1.31. The minimum atomic E-state index is -0.168. The normalized spacial score (nSPS) is 10.8. The lowest BCUT2D eigenvalue weighted by Gasteiger charge is -2.13. The lowest BCUT2D eigenvalue weighted by molar-refractivity contribution is 0.895. The lowest BCUT2D eigenvalue weighted by Crippen LogP contribution is -2.12. The predicted molar refractivity (Wildman–Crippen MR) is 85.2 cm³/mol. The molecular weight excluding hydrogens is 286 g/mol. The van der Waals surface area contributed by atoms with E-state index in [0.717, 1.165) is 11.3 Å². The van der Waals surface area contributed by atoms with E-state index in [1.54, 1.807) is 0 Å². The van der Waals surface area contributed by atoms with Gasteiger partial charge in [-0.2, -0.15) is 4.52 Å². The first kappa shape index (κ1) is 13.6. The quantitative estimate of drug-likeness (QED) is 0.796. The van der Waals surface area contributed by atoms with Crippen molar-refractivity contribution in [3.63, 3.8) is 0 Å². The molecule has 0 aliphatic rings. The molecule has 0 bridgehead atoms. The fourth-order valence-electron chi connectivity index (χ4n) is 1.94. The Bertz CT molecular complexity index is 823. The zero-order valence-corrected chi connectivity index (χ0v) is 12.6. The Balaban J connectivity index is 1.79. The number of hydrogen-bond acceptors (Lipinski definition) is 6. The van der Waals surface area contributed by atoms with E-state index in [0.29, 0.717) is 16.6 Å². The first-order valence-electron chi connectivity index (χ1n) is 6.48. The third-order valence-corrected chi connectivity index (χ3v) is 3.92. The van der Waals surface area contributed by atoms with Crippen LogP contribution in [0.15, 0.2) is 41.3 Å². The number of aromatic nitrogens is 3. The van der Waals surface area contributed by atoms with E-state index in [2.05, 4.69) is 38.5 Å². The molecule has 6 nitrogen and oxygen atoms in total. The van der Waals surface area contributed by atoms with Crippen molar-refractivity contribution in [3.8, 4) is 0 Å². The number of fused-ring (bicyclic) bond motifs is 1. The SMILES string of the molecule is CN(C)c1cccc(CNc2nn3c(=O)ccnc3s2)c1. The lowest BCUT2D eigenvalue weighted by atomic mass is 10.2. The summed E-state index contributed by atoms with van der Waals surface area (Å²) in [5, 5.41) is 8.14. The van der Waals surface area contributed by atoms with Crippen molar-refractivity contribution in [2.75, 3.05) is 24.3 Å². The summed E-state index contributed by atoms with van der Waals surface area (Å²) >= 11 is 1.36. The topological polar surface area (TPSA) is 62.5 Å². The monoisotopic (exact) mass is 301 g/mol. The molecule has 1 aromatic carbocycles. The molecule has 108 valence electrons. The molecule has 0 aliphatic carbocycles. The van der Waals surface area contributed by atoms with Crippen LogP contribution in [0, 0.1) is 0 Å². The highest BCUT2D eigenvalue weighted by Gasteiger charge is 2.06. The van der Waals surface area contributed by atoms with Crippen molar-refractivity contribution in [3.05, 3.63) is 52.4 Å². The Morgan fingerprint density at radius 2 is 2.19 bits per heavy atom.